The van der Waals surface area contributed by atoms with E-state index in [9.17, 15) is 18.8 Å². The van der Waals surface area contributed by atoms with E-state index in [4.69, 9.17) is 0 Å². The summed E-state index contributed by atoms with van der Waals surface area (Å²) in [5, 5.41) is 3.41. The Morgan fingerprint density at radius 3 is 2.67 bits per heavy atom. The molecule has 0 unspecified atom stereocenters. The number of Topliss-reactive ketones (excluding diaryl/α,β-unsaturated/α-hetero) is 1. The number of hydrogen-bond acceptors (Lipinski definition) is 5. The van der Waals surface area contributed by atoms with Crippen LogP contribution in [-0.4, -0.2) is 27.0 Å². The molecule has 0 radical (unpaired) electrons. The summed E-state index contributed by atoms with van der Waals surface area (Å²) in [6.45, 7) is 0. The molecule has 164 valence electrons. The molecule has 0 saturated carbocycles. The Morgan fingerprint density at radius 2 is 1.82 bits per heavy atom. The maximum Gasteiger partial charge on any atom is 0.266 e. The van der Waals surface area contributed by atoms with Crippen molar-refractivity contribution in [2.75, 3.05) is 11.1 Å². The van der Waals surface area contributed by atoms with Gasteiger partial charge in [-0.2, -0.15) is 0 Å². The van der Waals surface area contributed by atoms with Crippen LogP contribution in [0.15, 0.2) is 76.7 Å². The van der Waals surface area contributed by atoms with Gasteiger partial charge in [0, 0.05) is 17.7 Å². The third-order valence-electron chi connectivity index (χ3n) is 5.49. The van der Waals surface area contributed by atoms with E-state index in [2.05, 4.69) is 10.3 Å². The summed E-state index contributed by atoms with van der Waals surface area (Å²) in [4.78, 5) is 42.3. The predicted octanol–water partition coefficient (Wildman–Crippen LogP) is 4.38. The Balaban J connectivity index is 1.50. The molecule has 0 atom stereocenters. The fraction of sp³-hybridized carbons (Fsp3) is 0.120. The van der Waals surface area contributed by atoms with Gasteiger partial charge in [0.05, 0.1) is 22.3 Å². The molecule has 0 bridgehead atoms. The predicted molar refractivity (Wildman–Crippen MR) is 126 cm³/mol. The Labute approximate surface area is 192 Å². The fourth-order valence-electron chi connectivity index (χ4n) is 3.82. The third-order valence-corrected chi connectivity index (χ3v) is 6.43. The zero-order valence-corrected chi connectivity index (χ0v) is 18.2. The molecule has 6 nitrogen and oxygen atoms in total. The van der Waals surface area contributed by atoms with Crippen LogP contribution in [0.25, 0.3) is 16.6 Å². The van der Waals surface area contributed by atoms with Gasteiger partial charge < -0.3 is 5.32 Å². The molecule has 1 aliphatic rings. The number of fused-ring (bicyclic) bond motifs is 2. The Kier molecular flexibility index (Phi) is 5.51. The van der Waals surface area contributed by atoms with Crippen molar-refractivity contribution < 1.29 is 14.0 Å². The number of carbonyl (C=O) groups is 2. The molecule has 3 aromatic carbocycles. The van der Waals surface area contributed by atoms with E-state index in [1.807, 2.05) is 0 Å². The van der Waals surface area contributed by atoms with Crippen molar-refractivity contribution >= 4 is 40.0 Å². The SMILES string of the molecule is O=C1CCc2cc(C(=O)CSc3nc4ccccc4c(=O)n3-c3ccccc3F)ccc2N1. The Hall–Kier alpha value is -3.78. The maximum atomic E-state index is 14.6. The van der Waals surface area contributed by atoms with Crippen LogP contribution in [0, 0.1) is 5.82 Å². The summed E-state index contributed by atoms with van der Waals surface area (Å²) in [5.41, 5.74) is 2.32. The molecule has 1 aromatic heterocycles. The van der Waals surface area contributed by atoms with Crippen LogP contribution in [0.5, 0.6) is 0 Å². The molecule has 0 aliphatic carbocycles. The van der Waals surface area contributed by atoms with Gasteiger partial charge in [0.1, 0.15) is 5.82 Å². The van der Waals surface area contributed by atoms with Crippen molar-refractivity contribution in [1.82, 2.24) is 9.55 Å². The zero-order chi connectivity index (χ0) is 22.9. The number of benzene rings is 3. The molecule has 4 aromatic rings. The summed E-state index contributed by atoms with van der Waals surface area (Å²) < 4.78 is 15.8. The molecular formula is C25H18FN3O3S. The highest BCUT2D eigenvalue weighted by molar-refractivity contribution is 7.99. The van der Waals surface area contributed by atoms with Crippen molar-refractivity contribution in [3.63, 3.8) is 0 Å². The number of nitrogens with zero attached hydrogens (tertiary/aromatic N) is 2. The third kappa shape index (κ3) is 4.05. The van der Waals surface area contributed by atoms with Crippen LogP contribution in [-0.2, 0) is 11.2 Å². The minimum absolute atomic E-state index is 0.0182. The number of thioether (sulfide) groups is 1. The second-order valence-electron chi connectivity index (χ2n) is 7.64. The summed E-state index contributed by atoms with van der Waals surface area (Å²) in [6, 6.07) is 18.0. The van der Waals surface area contributed by atoms with E-state index >= 15 is 0 Å². The second-order valence-corrected chi connectivity index (χ2v) is 8.58. The van der Waals surface area contributed by atoms with Gasteiger partial charge in [0.25, 0.3) is 5.56 Å². The first kappa shape index (κ1) is 21.1. The molecule has 5 rings (SSSR count). The number of aromatic nitrogens is 2. The van der Waals surface area contributed by atoms with E-state index < -0.39 is 11.4 Å². The first-order chi connectivity index (χ1) is 16.0. The number of aryl methyl sites for hydroxylation is 1. The lowest BCUT2D eigenvalue weighted by Crippen LogP contribution is -2.23. The van der Waals surface area contributed by atoms with Gasteiger partial charge in [-0.3, -0.25) is 19.0 Å². The number of anilines is 1. The molecule has 33 heavy (non-hydrogen) atoms. The van der Waals surface area contributed by atoms with Crippen molar-refractivity contribution in [2.45, 2.75) is 18.0 Å². The Morgan fingerprint density at radius 1 is 1.03 bits per heavy atom. The van der Waals surface area contributed by atoms with Gasteiger partial charge in [-0.15, -0.1) is 0 Å². The van der Waals surface area contributed by atoms with Gasteiger partial charge >= 0.3 is 0 Å². The van der Waals surface area contributed by atoms with Crippen LogP contribution in [0.1, 0.15) is 22.3 Å². The number of hydrogen-bond donors (Lipinski definition) is 1. The first-order valence-corrected chi connectivity index (χ1v) is 11.4. The molecular weight excluding hydrogens is 441 g/mol. The monoisotopic (exact) mass is 459 g/mol. The Bertz CT molecular complexity index is 1480. The van der Waals surface area contributed by atoms with Crippen molar-refractivity contribution in [2.24, 2.45) is 0 Å². The standard InChI is InChI=1S/C25H18FN3O3S/c26-18-6-2-4-8-21(18)29-24(32)17-5-1-3-7-20(17)28-25(29)33-14-22(30)16-9-11-19-15(13-16)10-12-23(31)27-19/h1-9,11,13H,10,12,14H2,(H,27,31). The number of carbonyl (C=O) groups excluding carboxylic acids is 2. The number of ketones is 1. The van der Waals surface area contributed by atoms with Gasteiger partial charge in [-0.1, -0.05) is 36.0 Å². The lowest BCUT2D eigenvalue weighted by molar-refractivity contribution is -0.116. The van der Waals surface area contributed by atoms with Crippen LogP contribution < -0.4 is 10.9 Å². The molecule has 1 N–H and O–H groups in total. The molecule has 8 heteroatoms. The smallest absolute Gasteiger partial charge is 0.266 e. The molecule has 0 fully saturated rings. The first-order valence-electron chi connectivity index (χ1n) is 10.4. The normalized spacial score (nSPS) is 12.9. The van der Waals surface area contributed by atoms with Crippen LogP contribution in [0.3, 0.4) is 0 Å². The lowest BCUT2D eigenvalue weighted by Gasteiger charge is -2.17. The summed E-state index contributed by atoms with van der Waals surface area (Å²) in [6.07, 6.45) is 0.962. The average molecular weight is 460 g/mol. The minimum atomic E-state index is -0.554. The van der Waals surface area contributed by atoms with Crippen LogP contribution in [0.2, 0.25) is 0 Å². The van der Waals surface area contributed by atoms with Crippen molar-refractivity contribution in [3.05, 3.63) is 94.0 Å². The van der Waals surface area contributed by atoms with Gasteiger partial charge in [0.15, 0.2) is 10.9 Å². The molecule has 0 spiro atoms. The molecule has 1 aliphatic heterocycles. The largest absolute Gasteiger partial charge is 0.326 e. The number of amides is 1. The average Bonchev–Trinajstić information content (AvgIpc) is 2.83. The quantitative estimate of drug-likeness (QED) is 0.272. The van der Waals surface area contributed by atoms with Gasteiger partial charge in [-0.25, -0.2) is 9.37 Å². The minimum Gasteiger partial charge on any atom is -0.326 e. The van der Waals surface area contributed by atoms with Gasteiger partial charge in [0.2, 0.25) is 5.91 Å². The highest BCUT2D eigenvalue weighted by Crippen LogP contribution is 2.26. The number of nitrogens with one attached hydrogen (secondary N) is 1. The zero-order valence-electron chi connectivity index (χ0n) is 17.4. The topological polar surface area (TPSA) is 81.1 Å². The van der Waals surface area contributed by atoms with Crippen molar-refractivity contribution in [1.29, 1.82) is 0 Å². The van der Waals surface area contributed by atoms with E-state index in [0.29, 0.717) is 29.3 Å². The number of rotatable bonds is 5. The van der Waals surface area contributed by atoms with Crippen LogP contribution >= 0.6 is 11.8 Å². The second kappa shape index (κ2) is 8.63. The summed E-state index contributed by atoms with van der Waals surface area (Å²) in [5.74, 6) is -0.723. The van der Waals surface area contributed by atoms with Crippen molar-refractivity contribution in [3.8, 4) is 5.69 Å². The number of para-hydroxylation sites is 2. The summed E-state index contributed by atoms with van der Waals surface area (Å²) in [7, 11) is 0. The van der Waals surface area contributed by atoms with Gasteiger partial charge in [-0.05, 0) is 54.4 Å². The highest BCUT2D eigenvalue weighted by atomic mass is 32.2. The summed E-state index contributed by atoms with van der Waals surface area (Å²) >= 11 is 1.09. The van der Waals surface area contributed by atoms with Crippen LogP contribution in [0.4, 0.5) is 10.1 Å². The molecule has 1 amide bonds. The van der Waals surface area contributed by atoms with E-state index in [0.717, 1.165) is 23.0 Å². The van der Waals surface area contributed by atoms with E-state index in [-0.39, 0.29) is 28.3 Å². The molecule has 2 heterocycles. The fourth-order valence-corrected chi connectivity index (χ4v) is 4.73. The lowest BCUT2D eigenvalue weighted by atomic mass is 9.99. The van der Waals surface area contributed by atoms with E-state index in [1.54, 1.807) is 54.6 Å². The highest BCUT2D eigenvalue weighted by Gasteiger charge is 2.19. The number of halogens is 1. The maximum absolute atomic E-state index is 14.6. The molecule has 0 saturated heterocycles. The van der Waals surface area contributed by atoms with E-state index in [1.165, 1.54) is 16.7 Å².